The molecule has 0 saturated heterocycles. The summed E-state index contributed by atoms with van der Waals surface area (Å²) in [6, 6.07) is 3.11. The Bertz CT molecular complexity index is 606. The van der Waals surface area contributed by atoms with E-state index in [9.17, 15) is 13.2 Å². The van der Waals surface area contributed by atoms with Crippen molar-refractivity contribution in [1.29, 1.82) is 0 Å². The topological polar surface area (TPSA) is 61.3 Å². The summed E-state index contributed by atoms with van der Waals surface area (Å²) >= 11 is 0. The smallest absolute Gasteiger partial charge is 0.270 e. The average molecular weight is 272 g/mol. The van der Waals surface area contributed by atoms with Gasteiger partial charge < -0.3 is 15.0 Å². The first-order valence-electron chi connectivity index (χ1n) is 5.31. The maximum Gasteiger partial charge on any atom is 0.270 e. The van der Waals surface area contributed by atoms with Crippen molar-refractivity contribution in [3.63, 3.8) is 0 Å². The fourth-order valence-corrected chi connectivity index (χ4v) is 1.65. The lowest BCUT2D eigenvalue weighted by atomic mass is 10.0. The molecule has 1 heterocycles. The van der Waals surface area contributed by atoms with Crippen LogP contribution in [0, 0.1) is 5.82 Å². The van der Waals surface area contributed by atoms with Gasteiger partial charge in [-0.05, 0) is 12.1 Å². The number of nitrogens with two attached hydrogens (primary N) is 1. The zero-order chi connectivity index (χ0) is 14.2. The van der Waals surface area contributed by atoms with Gasteiger partial charge in [-0.1, -0.05) is 5.16 Å². The molecule has 0 spiro atoms. The number of hydrogen-bond donors (Lipinski definition) is 1. The highest BCUT2D eigenvalue weighted by Gasteiger charge is 2.28. The Morgan fingerprint density at radius 3 is 2.47 bits per heavy atom. The molecular weight excluding hydrogens is 261 g/mol. The zero-order valence-corrected chi connectivity index (χ0v) is 10.2. The molecule has 7 heteroatoms. The van der Waals surface area contributed by atoms with Crippen LogP contribution in [0.3, 0.4) is 0 Å². The summed E-state index contributed by atoms with van der Waals surface area (Å²) in [6.45, 7) is 0.673. The van der Waals surface area contributed by atoms with Gasteiger partial charge >= 0.3 is 0 Å². The van der Waals surface area contributed by atoms with E-state index in [1.165, 1.54) is 13.2 Å². The van der Waals surface area contributed by atoms with Gasteiger partial charge in [0.2, 0.25) is 0 Å². The number of rotatable bonds is 3. The minimum atomic E-state index is -3.19. The van der Waals surface area contributed by atoms with Gasteiger partial charge in [-0.25, -0.2) is 13.2 Å². The van der Waals surface area contributed by atoms with Crippen molar-refractivity contribution in [2.24, 2.45) is 0 Å². The maximum absolute atomic E-state index is 13.8. The number of methoxy groups -OCH3 is 1. The Morgan fingerprint density at radius 2 is 2.00 bits per heavy atom. The molecule has 102 valence electrons. The fraction of sp³-hybridized carbons (Fsp3) is 0.250. The lowest BCUT2D eigenvalue weighted by Crippen LogP contribution is -2.08. The summed E-state index contributed by atoms with van der Waals surface area (Å²) in [4.78, 5) is 0. The highest BCUT2D eigenvalue weighted by atomic mass is 19.3. The first-order chi connectivity index (χ1) is 8.82. The van der Waals surface area contributed by atoms with Crippen LogP contribution in [-0.2, 0) is 5.92 Å². The largest absolute Gasteiger partial charge is 0.493 e. The molecule has 0 aliphatic heterocycles. The number of ether oxygens (including phenoxy) is 1. The molecule has 0 fully saturated rings. The number of benzene rings is 1. The second kappa shape index (κ2) is 4.49. The van der Waals surface area contributed by atoms with Crippen LogP contribution < -0.4 is 10.5 Å². The molecule has 1 aromatic heterocycles. The molecule has 0 atom stereocenters. The Morgan fingerprint density at radius 1 is 1.32 bits per heavy atom. The molecule has 1 aromatic carbocycles. The van der Waals surface area contributed by atoms with Crippen LogP contribution in [-0.4, -0.2) is 12.3 Å². The highest BCUT2D eigenvalue weighted by molar-refractivity contribution is 5.69. The predicted molar refractivity (Wildman–Crippen MR) is 62.4 cm³/mol. The Balaban J connectivity index is 2.66. The summed E-state index contributed by atoms with van der Waals surface area (Å²) in [7, 11) is 1.23. The first-order valence-corrected chi connectivity index (χ1v) is 5.31. The number of halogens is 3. The average Bonchev–Trinajstić information content (AvgIpc) is 2.73. The lowest BCUT2D eigenvalue weighted by molar-refractivity contribution is 0.0171. The van der Waals surface area contributed by atoms with Gasteiger partial charge in [0.05, 0.1) is 12.7 Å². The van der Waals surface area contributed by atoms with E-state index >= 15 is 0 Å². The third kappa shape index (κ3) is 2.49. The third-order valence-corrected chi connectivity index (χ3v) is 2.55. The van der Waals surface area contributed by atoms with Crippen LogP contribution in [0.1, 0.15) is 12.5 Å². The molecule has 2 aromatic rings. The van der Waals surface area contributed by atoms with Crippen molar-refractivity contribution >= 4 is 5.82 Å². The van der Waals surface area contributed by atoms with Crippen molar-refractivity contribution in [3.8, 4) is 17.1 Å². The fourth-order valence-electron chi connectivity index (χ4n) is 1.65. The van der Waals surface area contributed by atoms with E-state index in [1.54, 1.807) is 0 Å². The van der Waals surface area contributed by atoms with Gasteiger partial charge in [0.15, 0.2) is 23.1 Å². The molecule has 0 bridgehead atoms. The van der Waals surface area contributed by atoms with Crippen molar-refractivity contribution in [1.82, 2.24) is 5.16 Å². The predicted octanol–water partition coefficient (Wildman–Crippen LogP) is 3.18. The molecular formula is C12H11F3N2O2. The summed E-state index contributed by atoms with van der Waals surface area (Å²) in [5, 5.41) is 3.43. The van der Waals surface area contributed by atoms with Gasteiger partial charge in [0.1, 0.15) is 0 Å². The van der Waals surface area contributed by atoms with E-state index in [4.69, 9.17) is 15.0 Å². The van der Waals surface area contributed by atoms with Gasteiger partial charge in [-0.15, -0.1) is 0 Å². The van der Waals surface area contributed by atoms with Crippen LogP contribution in [0.5, 0.6) is 5.75 Å². The summed E-state index contributed by atoms with van der Waals surface area (Å²) in [6.07, 6.45) is 0. The van der Waals surface area contributed by atoms with E-state index in [0.717, 1.165) is 12.1 Å². The SMILES string of the molecule is COc1c(F)cc(C(C)(F)F)cc1-c1cc(N)no1. The Kier molecular flexibility index (Phi) is 3.13. The van der Waals surface area contributed by atoms with E-state index in [0.29, 0.717) is 6.92 Å². The molecule has 0 unspecified atom stereocenters. The lowest BCUT2D eigenvalue weighted by Gasteiger charge is -2.14. The van der Waals surface area contributed by atoms with E-state index in [-0.39, 0.29) is 22.9 Å². The normalized spacial score (nSPS) is 11.6. The maximum atomic E-state index is 13.8. The molecule has 0 radical (unpaired) electrons. The number of aromatic nitrogens is 1. The van der Waals surface area contributed by atoms with Crippen molar-refractivity contribution in [2.45, 2.75) is 12.8 Å². The number of nitrogen functional groups attached to an aromatic ring is 1. The number of anilines is 1. The van der Waals surface area contributed by atoms with E-state index in [1.807, 2.05) is 0 Å². The summed E-state index contributed by atoms with van der Waals surface area (Å²) in [5.41, 5.74) is 4.92. The number of nitrogens with zero attached hydrogens (tertiary/aromatic N) is 1. The standard InChI is InChI=1S/C12H11F3N2O2/c1-12(14,15)6-3-7(9-5-10(16)17-19-9)11(18-2)8(13)4-6/h3-5H,1-2H3,(H2,16,17). The molecule has 0 amide bonds. The highest BCUT2D eigenvalue weighted by Crippen LogP contribution is 2.38. The zero-order valence-electron chi connectivity index (χ0n) is 10.2. The van der Waals surface area contributed by atoms with Crippen molar-refractivity contribution < 1.29 is 22.4 Å². The number of hydrogen-bond acceptors (Lipinski definition) is 4. The molecule has 0 aliphatic carbocycles. The first kappa shape index (κ1) is 13.3. The van der Waals surface area contributed by atoms with Gasteiger partial charge in [0.25, 0.3) is 5.92 Å². The summed E-state index contributed by atoms with van der Waals surface area (Å²) < 4.78 is 50.1. The van der Waals surface area contributed by atoms with Crippen LogP contribution in [0.25, 0.3) is 11.3 Å². The third-order valence-electron chi connectivity index (χ3n) is 2.55. The minimum absolute atomic E-state index is 0.0308. The molecule has 0 aliphatic rings. The molecule has 2 rings (SSSR count). The summed E-state index contributed by atoms with van der Waals surface area (Å²) in [5.74, 6) is -4.19. The molecule has 0 saturated carbocycles. The van der Waals surface area contributed by atoms with Crippen LogP contribution in [0.4, 0.5) is 19.0 Å². The van der Waals surface area contributed by atoms with Crippen LogP contribution in [0.15, 0.2) is 22.7 Å². The second-order valence-electron chi connectivity index (χ2n) is 4.04. The Labute approximate surface area is 106 Å². The van der Waals surface area contributed by atoms with E-state index in [2.05, 4.69) is 5.16 Å². The molecule has 4 nitrogen and oxygen atoms in total. The van der Waals surface area contributed by atoms with Gasteiger partial charge in [-0.2, -0.15) is 0 Å². The molecule has 2 N–H and O–H groups in total. The van der Waals surface area contributed by atoms with Gasteiger partial charge in [0, 0.05) is 18.6 Å². The van der Waals surface area contributed by atoms with Crippen molar-refractivity contribution in [2.75, 3.05) is 12.8 Å². The minimum Gasteiger partial charge on any atom is -0.493 e. The molecule has 19 heavy (non-hydrogen) atoms. The number of alkyl halides is 2. The second-order valence-corrected chi connectivity index (χ2v) is 4.04. The quantitative estimate of drug-likeness (QED) is 0.932. The van der Waals surface area contributed by atoms with Crippen molar-refractivity contribution in [3.05, 3.63) is 29.6 Å². The van der Waals surface area contributed by atoms with Gasteiger partial charge in [-0.3, -0.25) is 0 Å². The van der Waals surface area contributed by atoms with Crippen LogP contribution in [0.2, 0.25) is 0 Å². The monoisotopic (exact) mass is 272 g/mol. The van der Waals surface area contributed by atoms with Crippen LogP contribution >= 0.6 is 0 Å². The Hall–Kier alpha value is -2.18. The van der Waals surface area contributed by atoms with E-state index < -0.39 is 17.3 Å².